The molecule has 3 aliphatic rings. The van der Waals surface area contributed by atoms with Crippen molar-refractivity contribution in [2.24, 2.45) is 11.3 Å². The van der Waals surface area contributed by atoms with Crippen molar-refractivity contribution in [3.63, 3.8) is 0 Å². The average Bonchev–Trinajstić information content (AvgIpc) is 3.55. The summed E-state index contributed by atoms with van der Waals surface area (Å²) in [6.45, 7) is 5.47. The summed E-state index contributed by atoms with van der Waals surface area (Å²) in [5.74, 6) is -1.19. The molecule has 4 atom stereocenters. The van der Waals surface area contributed by atoms with Gasteiger partial charge in [-0.2, -0.15) is 0 Å². The molecule has 2 aromatic heterocycles. The van der Waals surface area contributed by atoms with Gasteiger partial charge in [0.15, 0.2) is 5.65 Å². The molecule has 1 aliphatic carbocycles. The van der Waals surface area contributed by atoms with Gasteiger partial charge in [-0.05, 0) is 49.9 Å². The lowest BCUT2D eigenvalue weighted by Crippen LogP contribution is -2.51. The van der Waals surface area contributed by atoms with Crippen LogP contribution in [0, 0.1) is 11.3 Å². The van der Waals surface area contributed by atoms with Crippen LogP contribution in [-0.2, 0) is 16.1 Å². The first-order valence-corrected chi connectivity index (χ1v) is 14.4. The fourth-order valence-electron chi connectivity index (χ4n) is 6.17. The van der Waals surface area contributed by atoms with Crippen LogP contribution in [0.2, 0.25) is 5.15 Å². The molecule has 2 N–H and O–H groups in total. The Kier molecular flexibility index (Phi) is 7.20. The third-order valence-electron chi connectivity index (χ3n) is 9.03. The van der Waals surface area contributed by atoms with E-state index in [0.717, 1.165) is 17.8 Å². The van der Waals surface area contributed by atoms with Crippen LogP contribution < -0.4 is 10.9 Å². The summed E-state index contributed by atoms with van der Waals surface area (Å²) in [5.41, 5.74) is -0.332. The fraction of sp³-hybridized carbons (Fsp3) is 0.552. The van der Waals surface area contributed by atoms with E-state index in [0.29, 0.717) is 22.8 Å². The van der Waals surface area contributed by atoms with Crippen LogP contribution in [0.5, 0.6) is 0 Å². The zero-order valence-corrected chi connectivity index (χ0v) is 23.8. The van der Waals surface area contributed by atoms with Gasteiger partial charge in [-0.3, -0.25) is 18.7 Å². The van der Waals surface area contributed by atoms with Gasteiger partial charge >= 0.3 is 0 Å². The van der Waals surface area contributed by atoms with Crippen molar-refractivity contribution in [2.45, 2.75) is 63.8 Å². The van der Waals surface area contributed by atoms with E-state index in [4.69, 9.17) is 16.3 Å². The van der Waals surface area contributed by atoms with Gasteiger partial charge in [-0.15, -0.1) is 0 Å². The van der Waals surface area contributed by atoms with Crippen LogP contribution in [0.4, 0.5) is 8.78 Å². The lowest BCUT2D eigenvalue weighted by atomic mass is 9.90. The van der Waals surface area contributed by atoms with Crippen LogP contribution in [0.25, 0.3) is 16.7 Å². The highest BCUT2D eigenvalue weighted by Gasteiger charge is 2.61. The lowest BCUT2D eigenvalue weighted by molar-refractivity contribution is -0.142. The molecule has 41 heavy (non-hydrogen) atoms. The molecule has 3 aromatic rings. The van der Waals surface area contributed by atoms with Crippen LogP contribution in [0.1, 0.15) is 44.7 Å². The number of aromatic nitrogens is 3. The van der Waals surface area contributed by atoms with Crippen molar-refractivity contribution in [1.29, 1.82) is 0 Å². The molecule has 2 saturated heterocycles. The number of carbonyl (C=O) groups excluding carboxylic acids is 1. The van der Waals surface area contributed by atoms with Gasteiger partial charge in [0.05, 0.1) is 41.7 Å². The molecular weight excluding hydrogens is 556 g/mol. The van der Waals surface area contributed by atoms with E-state index >= 15 is 0 Å². The van der Waals surface area contributed by atoms with Crippen molar-refractivity contribution in [1.82, 2.24) is 24.3 Å². The number of rotatable bonds is 6. The average molecular weight is 590 g/mol. The minimum absolute atomic E-state index is 0.000301. The number of morpholine rings is 1. The molecule has 0 spiro atoms. The summed E-state index contributed by atoms with van der Waals surface area (Å²) >= 11 is 6.58. The maximum absolute atomic E-state index is 13.4. The van der Waals surface area contributed by atoms with E-state index in [2.05, 4.69) is 10.3 Å². The van der Waals surface area contributed by atoms with Crippen LogP contribution in [0.15, 0.2) is 41.5 Å². The number of halogens is 3. The maximum atomic E-state index is 13.4. The summed E-state index contributed by atoms with van der Waals surface area (Å²) in [7, 11) is 0. The highest BCUT2D eigenvalue weighted by molar-refractivity contribution is 6.31. The third-order valence-corrected chi connectivity index (χ3v) is 9.31. The molecule has 0 unspecified atom stereocenters. The highest BCUT2D eigenvalue weighted by atomic mass is 35.5. The number of hydrogen-bond donors (Lipinski definition) is 2. The van der Waals surface area contributed by atoms with Crippen LogP contribution in [-0.4, -0.2) is 74.4 Å². The number of fused-ring (bicyclic) bond motifs is 1. The van der Waals surface area contributed by atoms with E-state index in [9.17, 15) is 23.5 Å². The van der Waals surface area contributed by atoms with Gasteiger partial charge in [0.25, 0.3) is 5.56 Å². The normalized spacial score (nSPS) is 27.9. The molecule has 1 saturated carbocycles. The highest BCUT2D eigenvalue weighted by Crippen LogP contribution is 2.56. The Morgan fingerprint density at radius 1 is 1.27 bits per heavy atom. The van der Waals surface area contributed by atoms with Gasteiger partial charge in [0.1, 0.15) is 11.5 Å². The summed E-state index contributed by atoms with van der Waals surface area (Å²) in [5, 5.41) is 15.4. The molecule has 1 aromatic carbocycles. The predicted molar refractivity (Wildman–Crippen MR) is 149 cm³/mol. The van der Waals surface area contributed by atoms with Crippen LogP contribution >= 0.6 is 11.6 Å². The monoisotopic (exact) mass is 589 g/mol. The molecule has 12 heteroatoms. The fourth-order valence-corrected chi connectivity index (χ4v) is 6.46. The molecule has 9 nitrogen and oxygen atoms in total. The number of hydrogen-bond acceptors (Lipinski definition) is 6. The first kappa shape index (κ1) is 28.3. The number of piperidine rings is 1. The Hall–Kier alpha value is -2.86. The molecular formula is C29H34ClF2N5O4. The minimum Gasteiger partial charge on any atom is -0.388 e. The van der Waals surface area contributed by atoms with Crippen LogP contribution in [0.3, 0.4) is 0 Å². The van der Waals surface area contributed by atoms with Gasteiger partial charge in [-0.1, -0.05) is 30.7 Å². The van der Waals surface area contributed by atoms with E-state index in [1.807, 2.05) is 31.2 Å². The summed E-state index contributed by atoms with van der Waals surface area (Å²) in [6, 6.07) is 9.53. The SMILES string of the molecule is C[C@H]1CN[C@H](c2ccc(-n3c(Cl)cc4c(=O)n(CC5(O)CCN(C(=O)[C@@]6(C)C[C@@H]6C(F)F)CC5)cnc43)cc2)CO1. The third kappa shape index (κ3) is 5.17. The van der Waals surface area contributed by atoms with E-state index in [1.54, 1.807) is 22.5 Å². The minimum atomic E-state index is -2.51. The first-order chi connectivity index (χ1) is 19.5. The second-order valence-corrected chi connectivity index (χ2v) is 12.4. The van der Waals surface area contributed by atoms with Gasteiger partial charge in [-0.25, -0.2) is 13.8 Å². The van der Waals surface area contributed by atoms with Crippen molar-refractivity contribution < 1.29 is 23.4 Å². The molecule has 0 bridgehead atoms. The van der Waals surface area contributed by atoms with E-state index in [-0.39, 0.29) is 62.5 Å². The molecule has 0 radical (unpaired) electrons. The quantitative estimate of drug-likeness (QED) is 0.456. The predicted octanol–water partition coefficient (Wildman–Crippen LogP) is 3.53. The summed E-state index contributed by atoms with van der Waals surface area (Å²) < 4.78 is 35.1. The number of carbonyl (C=O) groups is 1. The summed E-state index contributed by atoms with van der Waals surface area (Å²) in [4.78, 5) is 32.4. The zero-order chi connectivity index (χ0) is 29.1. The number of aliphatic hydroxyl groups is 1. The standard InChI is InChI=1S/C29H34ClF2N5O4/c1-17-13-33-22(14-41-17)18-3-5-19(6-4-18)37-23(30)11-20-25(37)34-16-36(26(20)38)15-29(40)7-9-35(10-8-29)27(39)28(2)12-21(28)24(31)32/h3-6,11,16-17,21-22,24,33,40H,7-10,12-15H2,1-2H3/t17-,21+,22-,28-/m0/s1. The van der Waals surface area contributed by atoms with Gasteiger partial charge in [0, 0.05) is 31.2 Å². The number of ether oxygens (including phenoxy) is 1. The Bertz CT molecular complexity index is 1510. The van der Waals surface area contributed by atoms with Crippen molar-refractivity contribution in [2.75, 3.05) is 26.2 Å². The number of alkyl halides is 2. The van der Waals surface area contributed by atoms with Gasteiger partial charge in [0.2, 0.25) is 12.3 Å². The molecule has 3 fully saturated rings. The maximum Gasteiger partial charge on any atom is 0.262 e. The molecule has 1 amide bonds. The largest absolute Gasteiger partial charge is 0.388 e. The molecule has 4 heterocycles. The second kappa shape index (κ2) is 10.4. The first-order valence-electron chi connectivity index (χ1n) is 14.0. The number of likely N-dealkylation sites (tertiary alicyclic amines) is 1. The van der Waals surface area contributed by atoms with Crippen molar-refractivity contribution >= 4 is 28.5 Å². The second-order valence-electron chi connectivity index (χ2n) is 12.0. The number of benzene rings is 1. The Labute approximate surface area is 241 Å². The summed E-state index contributed by atoms with van der Waals surface area (Å²) in [6.07, 6.45) is -0.282. The topological polar surface area (TPSA) is 102 Å². The molecule has 6 rings (SSSR count). The molecule has 2 aliphatic heterocycles. The Morgan fingerprint density at radius 2 is 1.98 bits per heavy atom. The Morgan fingerprint density at radius 3 is 2.59 bits per heavy atom. The van der Waals surface area contributed by atoms with E-state index in [1.165, 1.54) is 10.9 Å². The van der Waals surface area contributed by atoms with Crippen molar-refractivity contribution in [3.8, 4) is 5.69 Å². The Balaban J connectivity index is 1.16. The number of nitrogens with one attached hydrogen (secondary N) is 1. The molecule has 220 valence electrons. The van der Waals surface area contributed by atoms with Crippen molar-refractivity contribution in [3.05, 3.63) is 57.7 Å². The number of amides is 1. The smallest absolute Gasteiger partial charge is 0.262 e. The van der Waals surface area contributed by atoms with Gasteiger partial charge < -0.3 is 20.1 Å². The van der Waals surface area contributed by atoms with E-state index < -0.39 is 23.4 Å². The lowest BCUT2D eigenvalue weighted by Gasteiger charge is -2.39. The number of nitrogens with zero attached hydrogens (tertiary/aromatic N) is 4. The zero-order valence-electron chi connectivity index (χ0n) is 23.0.